The van der Waals surface area contributed by atoms with Crippen LogP contribution < -0.4 is 4.74 Å². The maximum atomic E-state index is 5.62. The van der Waals surface area contributed by atoms with Crippen molar-refractivity contribution in [3.8, 4) is 16.9 Å². The van der Waals surface area contributed by atoms with Crippen molar-refractivity contribution in [1.29, 1.82) is 0 Å². The van der Waals surface area contributed by atoms with E-state index in [0.717, 1.165) is 11.3 Å². The molecule has 0 aliphatic rings. The smallest absolute Gasteiger partial charge is 0.127 e. The molecule has 0 heterocycles. The summed E-state index contributed by atoms with van der Waals surface area (Å²) in [6.45, 7) is 0. The summed E-state index contributed by atoms with van der Waals surface area (Å²) in [5, 5.41) is 4.97. The number of fused-ring (bicyclic) bond motifs is 2. The Morgan fingerprint density at radius 2 is 1.32 bits per heavy atom. The zero-order valence-electron chi connectivity index (χ0n) is 12.4. The highest BCUT2D eigenvalue weighted by molar-refractivity contribution is 6.06. The first-order valence-corrected chi connectivity index (χ1v) is 7.42. The molecule has 0 amide bonds. The van der Waals surface area contributed by atoms with Gasteiger partial charge in [-0.25, -0.2) is 0 Å². The van der Waals surface area contributed by atoms with Gasteiger partial charge in [-0.3, -0.25) is 0 Å². The third-order valence-corrected chi connectivity index (χ3v) is 4.13. The van der Waals surface area contributed by atoms with Gasteiger partial charge in [0.15, 0.2) is 0 Å². The lowest BCUT2D eigenvalue weighted by Crippen LogP contribution is -1.90. The Kier molecular flexibility index (Phi) is 3.05. The van der Waals surface area contributed by atoms with E-state index in [1.807, 2.05) is 6.07 Å². The van der Waals surface area contributed by atoms with Gasteiger partial charge in [-0.2, -0.15) is 0 Å². The molecule has 1 heteroatoms. The van der Waals surface area contributed by atoms with Crippen LogP contribution in [0.15, 0.2) is 78.9 Å². The van der Waals surface area contributed by atoms with Gasteiger partial charge in [-0.15, -0.1) is 0 Å². The van der Waals surface area contributed by atoms with E-state index >= 15 is 0 Å². The Labute approximate surface area is 129 Å². The van der Waals surface area contributed by atoms with E-state index in [2.05, 4.69) is 72.8 Å². The summed E-state index contributed by atoms with van der Waals surface area (Å²) < 4.78 is 5.62. The van der Waals surface area contributed by atoms with Crippen molar-refractivity contribution in [1.82, 2.24) is 0 Å². The van der Waals surface area contributed by atoms with E-state index in [-0.39, 0.29) is 0 Å². The van der Waals surface area contributed by atoms with E-state index in [1.54, 1.807) is 7.11 Å². The van der Waals surface area contributed by atoms with Crippen molar-refractivity contribution >= 4 is 21.5 Å². The van der Waals surface area contributed by atoms with Gasteiger partial charge in [-0.05, 0) is 45.3 Å². The van der Waals surface area contributed by atoms with Crippen LogP contribution in [0.5, 0.6) is 5.75 Å². The summed E-state index contributed by atoms with van der Waals surface area (Å²) in [6.07, 6.45) is 0. The first-order valence-electron chi connectivity index (χ1n) is 7.42. The summed E-state index contributed by atoms with van der Waals surface area (Å²) in [5.74, 6) is 0.911. The van der Waals surface area contributed by atoms with Gasteiger partial charge < -0.3 is 4.74 Å². The van der Waals surface area contributed by atoms with E-state index in [0.29, 0.717) is 0 Å². The average Bonchev–Trinajstić information content (AvgIpc) is 2.59. The van der Waals surface area contributed by atoms with Crippen LogP contribution in [0.2, 0.25) is 0 Å². The van der Waals surface area contributed by atoms with Crippen LogP contribution >= 0.6 is 0 Å². The summed E-state index contributed by atoms with van der Waals surface area (Å²) in [4.78, 5) is 0. The first kappa shape index (κ1) is 12.9. The fourth-order valence-corrected chi connectivity index (χ4v) is 3.07. The molecule has 0 bridgehead atoms. The van der Waals surface area contributed by atoms with E-state index in [9.17, 15) is 0 Å². The van der Waals surface area contributed by atoms with Crippen molar-refractivity contribution in [2.75, 3.05) is 7.11 Å². The number of hydrogen-bond donors (Lipinski definition) is 0. The second kappa shape index (κ2) is 5.19. The Balaban J connectivity index is 2.13. The molecular formula is C21H16O. The Morgan fingerprint density at radius 1 is 0.636 bits per heavy atom. The number of ether oxygens (including phenoxy) is 1. The standard InChI is InChI=1S/C21H16O/c1-22-20-12-11-18-13-16-9-5-6-10-17(16)14-19(18)21(20)15-7-3-2-4-8-15/h2-14H,1H3. The summed E-state index contributed by atoms with van der Waals surface area (Å²) in [6, 6.07) is 27.6. The molecule has 1 nitrogen and oxygen atoms in total. The third kappa shape index (κ3) is 2.03. The van der Waals surface area contributed by atoms with Gasteiger partial charge in [0.25, 0.3) is 0 Å². The van der Waals surface area contributed by atoms with Crippen molar-refractivity contribution in [2.24, 2.45) is 0 Å². The molecule has 0 saturated heterocycles. The predicted molar refractivity (Wildman–Crippen MR) is 93.4 cm³/mol. The van der Waals surface area contributed by atoms with Crippen LogP contribution in [0.3, 0.4) is 0 Å². The van der Waals surface area contributed by atoms with Gasteiger partial charge in [0.05, 0.1) is 7.11 Å². The summed E-state index contributed by atoms with van der Waals surface area (Å²) in [7, 11) is 1.73. The highest BCUT2D eigenvalue weighted by Crippen LogP contribution is 2.38. The van der Waals surface area contributed by atoms with Gasteiger partial charge in [0.2, 0.25) is 0 Å². The van der Waals surface area contributed by atoms with Crippen molar-refractivity contribution < 1.29 is 4.74 Å². The first-order chi connectivity index (χ1) is 10.9. The van der Waals surface area contributed by atoms with Crippen LogP contribution in [0.25, 0.3) is 32.7 Å². The lowest BCUT2D eigenvalue weighted by atomic mass is 9.95. The monoisotopic (exact) mass is 284 g/mol. The zero-order valence-corrected chi connectivity index (χ0v) is 12.4. The van der Waals surface area contributed by atoms with E-state index in [4.69, 9.17) is 4.74 Å². The maximum Gasteiger partial charge on any atom is 0.127 e. The summed E-state index contributed by atoms with van der Waals surface area (Å²) in [5.41, 5.74) is 2.34. The third-order valence-electron chi connectivity index (χ3n) is 4.13. The van der Waals surface area contributed by atoms with Crippen LogP contribution in [0.1, 0.15) is 0 Å². The van der Waals surface area contributed by atoms with Crippen molar-refractivity contribution in [3.05, 3.63) is 78.9 Å². The Hall–Kier alpha value is -2.80. The lowest BCUT2D eigenvalue weighted by molar-refractivity contribution is 0.417. The van der Waals surface area contributed by atoms with E-state index in [1.165, 1.54) is 27.1 Å². The lowest BCUT2D eigenvalue weighted by Gasteiger charge is -2.13. The number of hydrogen-bond acceptors (Lipinski definition) is 1. The Morgan fingerprint density at radius 3 is 2.05 bits per heavy atom. The van der Waals surface area contributed by atoms with Gasteiger partial charge in [0.1, 0.15) is 5.75 Å². The molecule has 0 aliphatic heterocycles. The molecule has 4 aromatic rings. The molecule has 22 heavy (non-hydrogen) atoms. The van der Waals surface area contributed by atoms with Crippen LogP contribution in [0, 0.1) is 0 Å². The largest absolute Gasteiger partial charge is 0.496 e. The molecule has 0 saturated carbocycles. The molecule has 0 N–H and O–H groups in total. The van der Waals surface area contributed by atoms with Crippen molar-refractivity contribution in [3.63, 3.8) is 0 Å². The molecule has 0 aromatic heterocycles. The fraction of sp³-hybridized carbons (Fsp3) is 0.0476. The predicted octanol–water partition coefficient (Wildman–Crippen LogP) is 5.67. The quantitative estimate of drug-likeness (QED) is 0.431. The SMILES string of the molecule is COc1ccc2cc3ccccc3cc2c1-c1ccccc1. The molecule has 0 spiro atoms. The minimum absolute atomic E-state index is 0.911. The zero-order chi connectivity index (χ0) is 14.9. The summed E-state index contributed by atoms with van der Waals surface area (Å²) >= 11 is 0. The van der Waals surface area contributed by atoms with Crippen molar-refractivity contribution in [2.45, 2.75) is 0 Å². The number of benzene rings is 4. The van der Waals surface area contributed by atoms with E-state index < -0.39 is 0 Å². The molecule has 0 unspecified atom stereocenters. The van der Waals surface area contributed by atoms with Gasteiger partial charge >= 0.3 is 0 Å². The van der Waals surface area contributed by atoms with Gasteiger partial charge in [-0.1, -0.05) is 60.7 Å². The Bertz CT molecular complexity index is 955. The minimum atomic E-state index is 0.911. The molecule has 4 aromatic carbocycles. The molecule has 0 fully saturated rings. The van der Waals surface area contributed by atoms with Gasteiger partial charge in [0, 0.05) is 5.56 Å². The molecule has 106 valence electrons. The highest BCUT2D eigenvalue weighted by atomic mass is 16.5. The normalized spacial score (nSPS) is 11.0. The average molecular weight is 284 g/mol. The fourth-order valence-electron chi connectivity index (χ4n) is 3.07. The number of rotatable bonds is 2. The van der Waals surface area contributed by atoms with Crippen LogP contribution in [-0.4, -0.2) is 7.11 Å². The van der Waals surface area contributed by atoms with Crippen LogP contribution in [-0.2, 0) is 0 Å². The highest BCUT2D eigenvalue weighted by Gasteiger charge is 2.11. The van der Waals surface area contributed by atoms with Crippen LogP contribution in [0.4, 0.5) is 0 Å². The molecule has 0 radical (unpaired) electrons. The topological polar surface area (TPSA) is 9.23 Å². The maximum absolute atomic E-state index is 5.62. The number of methoxy groups -OCH3 is 1. The second-order valence-electron chi connectivity index (χ2n) is 5.43. The molecule has 4 rings (SSSR count). The second-order valence-corrected chi connectivity index (χ2v) is 5.43. The molecule has 0 aliphatic carbocycles. The minimum Gasteiger partial charge on any atom is -0.496 e. The molecular weight excluding hydrogens is 268 g/mol. The molecule has 0 atom stereocenters.